The Morgan fingerprint density at radius 1 is 1.24 bits per heavy atom. The second kappa shape index (κ2) is 5.62. The van der Waals surface area contributed by atoms with Crippen molar-refractivity contribution >= 4 is 32.8 Å². The lowest BCUT2D eigenvalue weighted by Gasteiger charge is -2.34. The maximum atomic E-state index is 12.7. The molecule has 114 valence electrons. The molecular formula is C14H19N3O2S2. The average Bonchev–Trinajstić information content (AvgIpc) is 2.91. The van der Waals surface area contributed by atoms with Gasteiger partial charge in [-0.3, -0.25) is 0 Å². The Bertz CT molecular complexity index is 742. The number of nitrogens with zero attached hydrogens (tertiary/aromatic N) is 2. The van der Waals surface area contributed by atoms with Crippen LogP contribution in [0.25, 0.3) is 11.0 Å². The van der Waals surface area contributed by atoms with E-state index in [9.17, 15) is 8.42 Å². The highest BCUT2D eigenvalue weighted by molar-refractivity contribution is 7.89. The maximum absolute atomic E-state index is 12.7. The van der Waals surface area contributed by atoms with Crippen LogP contribution in [0.2, 0.25) is 0 Å². The summed E-state index contributed by atoms with van der Waals surface area (Å²) in [6.45, 7) is 4.32. The quantitative estimate of drug-likeness (QED) is 0.942. The average molecular weight is 325 g/mol. The second-order valence-electron chi connectivity index (χ2n) is 5.88. The van der Waals surface area contributed by atoms with Gasteiger partial charge < -0.3 is 0 Å². The largest absolute Gasteiger partial charge is 0.243 e. The normalized spacial score (nSPS) is 27.0. The van der Waals surface area contributed by atoms with Gasteiger partial charge >= 0.3 is 0 Å². The van der Waals surface area contributed by atoms with Crippen molar-refractivity contribution in [3.05, 3.63) is 18.2 Å². The summed E-state index contributed by atoms with van der Waals surface area (Å²) >= 11 is 1.04. The van der Waals surface area contributed by atoms with Gasteiger partial charge in [-0.25, -0.2) is 13.1 Å². The third-order valence-electron chi connectivity index (χ3n) is 4.55. The zero-order chi connectivity index (χ0) is 15.0. The molecule has 1 aliphatic rings. The van der Waals surface area contributed by atoms with Crippen molar-refractivity contribution in [1.82, 2.24) is 13.5 Å². The van der Waals surface area contributed by atoms with Crippen molar-refractivity contribution in [3.8, 4) is 0 Å². The molecule has 0 aliphatic heterocycles. The minimum Gasteiger partial charge on any atom is -0.208 e. The Labute approximate surface area is 129 Å². The molecule has 0 amide bonds. The van der Waals surface area contributed by atoms with Gasteiger partial charge in [-0.1, -0.05) is 32.8 Å². The predicted molar refractivity (Wildman–Crippen MR) is 83.7 cm³/mol. The van der Waals surface area contributed by atoms with Gasteiger partial charge in [0.1, 0.15) is 15.9 Å². The Hall–Kier alpha value is -1.05. The number of nitrogens with one attached hydrogen (secondary N) is 1. The molecule has 5 nitrogen and oxygen atoms in total. The maximum Gasteiger partial charge on any atom is 0.243 e. The number of benzene rings is 1. The third kappa shape index (κ3) is 2.82. The van der Waals surface area contributed by atoms with E-state index in [1.165, 1.54) is 6.42 Å². The minimum absolute atomic E-state index is 0.000557. The van der Waals surface area contributed by atoms with Crippen molar-refractivity contribution in [3.63, 3.8) is 0 Å². The summed E-state index contributed by atoms with van der Waals surface area (Å²) in [6.07, 6.45) is 3.14. The van der Waals surface area contributed by atoms with Gasteiger partial charge in [0.25, 0.3) is 0 Å². The Balaban J connectivity index is 1.92. The van der Waals surface area contributed by atoms with Gasteiger partial charge in [-0.05, 0) is 30.4 Å². The summed E-state index contributed by atoms with van der Waals surface area (Å²) < 4.78 is 36.5. The van der Waals surface area contributed by atoms with Crippen LogP contribution in [0, 0.1) is 11.8 Å². The van der Waals surface area contributed by atoms with Gasteiger partial charge in [-0.15, -0.1) is 0 Å². The highest BCUT2D eigenvalue weighted by Gasteiger charge is 2.31. The summed E-state index contributed by atoms with van der Waals surface area (Å²) in [5.41, 5.74) is 1.10. The predicted octanol–water partition coefficient (Wildman–Crippen LogP) is 2.79. The van der Waals surface area contributed by atoms with Crippen LogP contribution in [0.4, 0.5) is 0 Å². The molecule has 1 aromatic carbocycles. The molecule has 1 fully saturated rings. The molecule has 1 saturated carbocycles. The molecule has 0 unspecified atom stereocenters. The SMILES string of the molecule is C[C@H]1[C@H](C)CCC[C@H]1NS(=O)(=O)c1cccc2nsnc12. The van der Waals surface area contributed by atoms with Crippen LogP contribution in [0.1, 0.15) is 33.1 Å². The smallest absolute Gasteiger partial charge is 0.208 e. The minimum atomic E-state index is -3.56. The first-order valence-corrected chi connectivity index (χ1v) is 9.44. The number of sulfonamides is 1. The first kappa shape index (κ1) is 14.9. The summed E-state index contributed by atoms with van der Waals surface area (Å²) in [4.78, 5) is 0.235. The van der Waals surface area contributed by atoms with Crippen LogP contribution in [-0.2, 0) is 10.0 Å². The molecule has 0 saturated heterocycles. The highest BCUT2D eigenvalue weighted by atomic mass is 32.2. The highest BCUT2D eigenvalue weighted by Crippen LogP contribution is 2.31. The van der Waals surface area contributed by atoms with Gasteiger partial charge in [0.05, 0.1) is 11.7 Å². The molecule has 3 rings (SSSR count). The lowest BCUT2D eigenvalue weighted by atomic mass is 9.78. The monoisotopic (exact) mass is 325 g/mol. The number of hydrogen-bond donors (Lipinski definition) is 1. The molecule has 3 atom stereocenters. The molecule has 1 N–H and O–H groups in total. The Morgan fingerprint density at radius 2 is 2.05 bits per heavy atom. The number of fused-ring (bicyclic) bond motifs is 1. The first-order chi connectivity index (χ1) is 9.99. The fourth-order valence-corrected chi connectivity index (χ4v) is 5.14. The van der Waals surface area contributed by atoms with Crippen molar-refractivity contribution in [1.29, 1.82) is 0 Å². The van der Waals surface area contributed by atoms with Gasteiger partial charge in [0, 0.05) is 6.04 Å². The van der Waals surface area contributed by atoms with E-state index in [1.54, 1.807) is 18.2 Å². The molecule has 7 heteroatoms. The van der Waals surface area contributed by atoms with Crippen molar-refractivity contribution in [2.24, 2.45) is 11.8 Å². The van der Waals surface area contributed by atoms with Gasteiger partial charge in [-0.2, -0.15) is 8.75 Å². The fourth-order valence-electron chi connectivity index (χ4n) is 3.01. The fraction of sp³-hybridized carbons (Fsp3) is 0.571. The molecule has 21 heavy (non-hydrogen) atoms. The van der Waals surface area contributed by atoms with E-state index in [0.29, 0.717) is 22.9 Å². The van der Waals surface area contributed by atoms with E-state index in [0.717, 1.165) is 24.6 Å². The van der Waals surface area contributed by atoms with E-state index >= 15 is 0 Å². The third-order valence-corrected chi connectivity index (χ3v) is 6.62. The molecule has 1 heterocycles. The topological polar surface area (TPSA) is 72.0 Å². The first-order valence-electron chi connectivity index (χ1n) is 7.22. The summed E-state index contributed by atoms with van der Waals surface area (Å²) in [5, 5.41) is 0. The van der Waals surface area contributed by atoms with E-state index in [4.69, 9.17) is 0 Å². The second-order valence-corrected chi connectivity index (χ2v) is 8.09. The van der Waals surface area contributed by atoms with E-state index in [1.807, 2.05) is 0 Å². The zero-order valence-electron chi connectivity index (χ0n) is 12.1. The number of hydrogen-bond acceptors (Lipinski definition) is 5. The number of rotatable bonds is 3. The van der Waals surface area contributed by atoms with Gasteiger partial charge in [0.15, 0.2) is 0 Å². The van der Waals surface area contributed by atoms with Crippen molar-refractivity contribution < 1.29 is 8.42 Å². The number of aromatic nitrogens is 2. The molecular weight excluding hydrogens is 306 g/mol. The summed E-state index contributed by atoms with van der Waals surface area (Å²) in [5.74, 6) is 0.893. The van der Waals surface area contributed by atoms with Gasteiger partial charge in [0.2, 0.25) is 10.0 Å². The summed E-state index contributed by atoms with van der Waals surface area (Å²) in [6, 6.07) is 5.10. The lowest BCUT2D eigenvalue weighted by molar-refractivity contribution is 0.227. The molecule has 0 bridgehead atoms. The zero-order valence-corrected chi connectivity index (χ0v) is 13.7. The standard InChI is InChI=1S/C14H19N3O2S2/c1-9-5-3-6-11(10(9)2)17-21(18,19)13-8-4-7-12-14(13)16-20-15-12/h4,7-11,17H,3,5-6H2,1-2H3/t9-,10+,11-/m1/s1. The Morgan fingerprint density at radius 3 is 2.86 bits per heavy atom. The lowest BCUT2D eigenvalue weighted by Crippen LogP contribution is -2.43. The van der Waals surface area contributed by atoms with Crippen LogP contribution in [0.15, 0.2) is 23.1 Å². The molecule has 1 aliphatic carbocycles. The molecule has 2 aromatic rings. The van der Waals surface area contributed by atoms with Crippen LogP contribution in [0.5, 0.6) is 0 Å². The molecule has 1 aromatic heterocycles. The van der Waals surface area contributed by atoms with E-state index < -0.39 is 10.0 Å². The Kier molecular flexibility index (Phi) is 3.98. The van der Waals surface area contributed by atoms with E-state index in [2.05, 4.69) is 27.3 Å². The summed E-state index contributed by atoms with van der Waals surface area (Å²) in [7, 11) is -3.56. The van der Waals surface area contributed by atoms with Crippen molar-refractivity contribution in [2.75, 3.05) is 0 Å². The van der Waals surface area contributed by atoms with Crippen molar-refractivity contribution in [2.45, 2.75) is 44.0 Å². The van der Waals surface area contributed by atoms with Crippen LogP contribution in [0.3, 0.4) is 0 Å². The molecule has 0 radical (unpaired) electrons. The van der Waals surface area contributed by atoms with Crippen LogP contribution >= 0.6 is 11.7 Å². The van der Waals surface area contributed by atoms with Crippen LogP contribution < -0.4 is 4.72 Å². The van der Waals surface area contributed by atoms with E-state index in [-0.39, 0.29) is 10.9 Å². The molecule has 0 spiro atoms. The van der Waals surface area contributed by atoms with Crippen LogP contribution in [-0.4, -0.2) is 23.2 Å².